The molecular weight excluding hydrogens is 508 g/mol. The summed E-state index contributed by atoms with van der Waals surface area (Å²) in [5.41, 5.74) is -0.850. The van der Waals surface area contributed by atoms with Gasteiger partial charge in [0.2, 0.25) is 0 Å². The molecule has 0 aliphatic heterocycles. The second-order valence-electron chi connectivity index (χ2n) is 12.8. The molecule has 4 nitrogen and oxygen atoms in total. The summed E-state index contributed by atoms with van der Waals surface area (Å²) in [5.74, 6) is -0.411. The maximum atomic E-state index is 12.1. The molecule has 0 N–H and O–H groups in total. The predicted octanol–water partition coefficient (Wildman–Crippen LogP) is 11.7. The smallest absolute Gasteiger partial charge is 0.305 e. The molecule has 4 heteroatoms. The van der Waals surface area contributed by atoms with Crippen LogP contribution in [-0.2, 0) is 19.1 Å². The van der Waals surface area contributed by atoms with Crippen LogP contribution in [-0.4, -0.2) is 25.2 Å². The molecule has 242 valence electrons. The molecule has 0 spiro atoms. The highest BCUT2D eigenvalue weighted by Gasteiger charge is 2.23. The molecule has 0 aliphatic carbocycles. The van der Waals surface area contributed by atoms with E-state index in [1.165, 1.54) is 141 Å². The number of unbranched alkanes of at least 4 members (excludes halogenated alkanes) is 24. The van der Waals surface area contributed by atoms with Crippen molar-refractivity contribution in [3.8, 4) is 0 Å². The summed E-state index contributed by atoms with van der Waals surface area (Å²) in [5, 5.41) is 0. The normalized spacial score (nSPS) is 11.6. The van der Waals surface area contributed by atoms with Gasteiger partial charge in [-0.05, 0) is 26.7 Å². The summed E-state index contributed by atoms with van der Waals surface area (Å²) in [7, 11) is 0. The van der Waals surface area contributed by atoms with Crippen molar-refractivity contribution in [3.63, 3.8) is 0 Å². The maximum absolute atomic E-state index is 12.1. The third kappa shape index (κ3) is 31.7. The van der Waals surface area contributed by atoms with Crippen molar-refractivity contribution in [2.24, 2.45) is 5.41 Å². The van der Waals surface area contributed by atoms with Crippen LogP contribution in [0.5, 0.6) is 0 Å². The first kappa shape index (κ1) is 39.9. The summed E-state index contributed by atoms with van der Waals surface area (Å²) >= 11 is 0. The minimum atomic E-state index is -0.850. The van der Waals surface area contributed by atoms with Crippen LogP contribution in [0.2, 0.25) is 0 Å². The lowest BCUT2D eigenvalue weighted by molar-refractivity contribution is -0.150. The molecule has 0 heterocycles. The Kier molecular flexibility index (Phi) is 29.6. The van der Waals surface area contributed by atoms with Crippen LogP contribution in [0.25, 0.3) is 0 Å². The third-order valence-electron chi connectivity index (χ3n) is 8.05. The molecule has 0 aromatic rings. The molecule has 0 saturated heterocycles. The average molecular weight is 579 g/mol. The van der Waals surface area contributed by atoms with Crippen molar-refractivity contribution in [2.45, 2.75) is 194 Å². The number of hydrogen-bond donors (Lipinski definition) is 0. The van der Waals surface area contributed by atoms with Crippen molar-refractivity contribution in [2.75, 3.05) is 13.2 Å². The quantitative estimate of drug-likeness (QED) is 0.0588. The fraction of sp³-hybridized carbons (Fsp3) is 0.892. The van der Waals surface area contributed by atoms with E-state index in [4.69, 9.17) is 9.47 Å². The van der Waals surface area contributed by atoms with Crippen LogP contribution in [0.1, 0.15) is 194 Å². The lowest BCUT2D eigenvalue weighted by Crippen LogP contribution is -2.29. The van der Waals surface area contributed by atoms with Crippen molar-refractivity contribution < 1.29 is 19.1 Å². The van der Waals surface area contributed by atoms with E-state index in [-0.39, 0.29) is 25.2 Å². The van der Waals surface area contributed by atoms with Crippen molar-refractivity contribution in [1.29, 1.82) is 0 Å². The summed E-state index contributed by atoms with van der Waals surface area (Å²) in [6.45, 7) is 12.7. The molecule has 0 bridgehead atoms. The van der Waals surface area contributed by atoms with Gasteiger partial charge in [-0.2, -0.15) is 0 Å². The molecule has 0 aromatic heterocycles. The Morgan fingerprint density at radius 1 is 0.415 bits per heavy atom. The van der Waals surface area contributed by atoms with Crippen LogP contribution < -0.4 is 0 Å². The fourth-order valence-corrected chi connectivity index (χ4v) is 5.23. The van der Waals surface area contributed by atoms with E-state index in [0.717, 1.165) is 25.7 Å². The van der Waals surface area contributed by atoms with Gasteiger partial charge >= 0.3 is 11.9 Å². The van der Waals surface area contributed by atoms with Gasteiger partial charge in [0.25, 0.3) is 0 Å². The summed E-state index contributed by atoms with van der Waals surface area (Å²) in [6.07, 6.45) is 34.2. The molecule has 0 saturated carbocycles. The number of hydrogen-bond acceptors (Lipinski definition) is 4. The van der Waals surface area contributed by atoms with E-state index in [0.29, 0.717) is 12.8 Å². The van der Waals surface area contributed by atoms with Gasteiger partial charge in [-0.25, -0.2) is 0 Å². The molecular formula is C37H70O4. The first-order valence-corrected chi connectivity index (χ1v) is 17.9. The summed E-state index contributed by atoms with van der Waals surface area (Å²) in [6, 6.07) is 0. The Morgan fingerprint density at radius 2 is 0.634 bits per heavy atom. The molecule has 41 heavy (non-hydrogen) atoms. The molecule has 2 radical (unpaired) electrons. The van der Waals surface area contributed by atoms with Gasteiger partial charge < -0.3 is 9.47 Å². The number of carbonyl (C=O) groups is 2. The Bertz CT molecular complexity index is 523. The van der Waals surface area contributed by atoms with Crippen LogP contribution in [0.15, 0.2) is 0 Å². The summed E-state index contributed by atoms with van der Waals surface area (Å²) in [4.78, 5) is 24.2. The molecule has 0 atom stereocenters. The minimum absolute atomic E-state index is 0.0797. The van der Waals surface area contributed by atoms with Crippen LogP contribution in [0, 0.1) is 19.3 Å². The molecule has 0 unspecified atom stereocenters. The first-order chi connectivity index (χ1) is 19.9. The zero-order valence-corrected chi connectivity index (χ0v) is 27.8. The maximum Gasteiger partial charge on any atom is 0.305 e. The second kappa shape index (κ2) is 30.4. The molecule has 0 aliphatic rings. The number of ether oxygens (including phenoxy) is 2. The number of rotatable bonds is 32. The Labute approximate surface area is 256 Å². The van der Waals surface area contributed by atoms with E-state index in [9.17, 15) is 9.59 Å². The molecule has 0 amide bonds. The Hall–Kier alpha value is -1.06. The first-order valence-electron chi connectivity index (χ1n) is 17.9. The van der Waals surface area contributed by atoms with Crippen molar-refractivity contribution in [1.82, 2.24) is 0 Å². The van der Waals surface area contributed by atoms with Crippen LogP contribution in [0.3, 0.4) is 0 Å². The molecule has 0 fully saturated rings. The van der Waals surface area contributed by atoms with Gasteiger partial charge in [-0.3, -0.25) is 9.59 Å². The van der Waals surface area contributed by atoms with Gasteiger partial charge in [0.15, 0.2) is 0 Å². The van der Waals surface area contributed by atoms with Gasteiger partial charge in [-0.1, -0.05) is 168 Å². The highest BCUT2D eigenvalue weighted by atomic mass is 16.5. The van der Waals surface area contributed by atoms with Gasteiger partial charge in [-0.15, -0.1) is 0 Å². The molecule has 0 rings (SSSR count). The van der Waals surface area contributed by atoms with Gasteiger partial charge in [0.1, 0.15) is 13.2 Å². The monoisotopic (exact) mass is 579 g/mol. The highest BCUT2D eigenvalue weighted by molar-refractivity contribution is 5.69. The van der Waals surface area contributed by atoms with Gasteiger partial charge in [0.05, 0.1) is 0 Å². The van der Waals surface area contributed by atoms with Crippen molar-refractivity contribution in [3.05, 3.63) is 13.8 Å². The third-order valence-corrected chi connectivity index (χ3v) is 8.05. The van der Waals surface area contributed by atoms with E-state index in [1.54, 1.807) is 0 Å². The zero-order valence-electron chi connectivity index (χ0n) is 27.8. The second-order valence-corrected chi connectivity index (χ2v) is 12.8. The van der Waals surface area contributed by atoms with Crippen molar-refractivity contribution >= 4 is 11.9 Å². The highest BCUT2D eigenvalue weighted by Crippen LogP contribution is 2.18. The number of carbonyl (C=O) groups excluding carboxylic acids is 2. The minimum Gasteiger partial charge on any atom is -0.465 e. The average Bonchev–Trinajstić information content (AvgIpc) is 2.96. The lowest BCUT2D eigenvalue weighted by atomic mass is 9.96. The zero-order chi connectivity index (χ0) is 30.3. The SMILES string of the molecule is [CH2]C([CH2])(COC(=O)CCCCCCCCCCCCCCC)COC(=O)CCCCCCCCCCCCCCC. The Balaban J connectivity index is 3.53. The van der Waals surface area contributed by atoms with Crippen LogP contribution in [0.4, 0.5) is 0 Å². The van der Waals surface area contributed by atoms with E-state index in [2.05, 4.69) is 27.7 Å². The number of esters is 2. The summed E-state index contributed by atoms with van der Waals surface area (Å²) < 4.78 is 10.7. The standard InChI is InChI=1S/C37H70O4/c1-5-7-9-11-13-15-17-19-21-23-25-27-29-31-35(38)40-33-37(3,4)34-41-36(39)32-30-28-26-24-22-20-18-16-14-12-10-8-6-2/h3-34H2,1-2H3. The van der Waals surface area contributed by atoms with Crippen LogP contribution >= 0.6 is 0 Å². The molecule has 0 aromatic carbocycles. The Morgan fingerprint density at radius 3 is 0.878 bits per heavy atom. The fourth-order valence-electron chi connectivity index (χ4n) is 5.23. The van der Waals surface area contributed by atoms with E-state index >= 15 is 0 Å². The lowest BCUT2D eigenvalue weighted by Gasteiger charge is -2.23. The predicted molar refractivity (Wildman–Crippen MR) is 176 cm³/mol. The largest absolute Gasteiger partial charge is 0.465 e. The van der Waals surface area contributed by atoms with E-state index in [1.807, 2.05) is 0 Å². The van der Waals surface area contributed by atoms with Gasteiger partial charge in [0, 0.05) is 18.3 Å². The van der Waals surface area contributed by atoms with E-state index < -0.39 is 5.41 Å². The topological polar surface area (TPSA) is 52.6 Å².